The highest BCUT2D eigenvalue weighted by atomic mass is 19.1. The number of fused-ring (bicyclic) bond motifs is 1. The zero-order valence-corrected chi connectivity index (χ0v) is 15.9. The number of carbonyl (C=O) groups excluding carboxylic acids is 1. The second kappa shape index (κ2) is 8.45. The first-order chi connectivity index (χ1) is 14.1. The van der Waals surface area contributed by atoms with E-state index >= 15 is 0 Å². The largest absolute Gasteiger partial charge is 0.423 e. The van der Waals surface area contributed by atoms with Crippen LogP contribution in [0.5, 0.6) is 0 Å². The number of nitrogens with one attached hydrogen (secondary N) is 2. The minimum Gasteiger partial charge on any atom is -0.423 e. The smallest absolute Gasteiger partial charge is 0.338 e. The molecule has 2 aromatic carbocycles. The van der Waals surface area contributed by atoms with Gasteiger partial charge in [0.15, 0.2) is 0 Å². The van der Waals surface area contributed by atoms with Crippen LogP contribution in [0, 0.1) is 5.82 Å². The molecule has 0 bridgehead atoms. The number of hydrogen-bond donors (Lipinski definition) is 2. The Hall–Kier alpha value is -3.19. The Morgan fingerprint density at radius 1 is 1.03 bits per heavy atom. The van der Waals surface area contributed by atoms with E-state index in [1.807, 2.05) is 12.1 Å². The van der Waals surface area contributed by atoms with E-state index in [1.54, 1.807) is 18.2 Å². The maximum absolute atomic E-state index is 14.5. The van der Waals surface area contributed by atoms with Crippen LogP contribution in [0.25, 0.3) is 11.0 Å². The van der Waals surface area contributed by atoms with E-state index in [4.69, 9.17) is 4.42 Å². The van der Waals surface area contributed by atoms with Crippen molar-refractivity contribution in [2.24, 2.45) is 0 Å². The molecular formula is C22H22FN3O3. The van der Waals surface area contributed by atoms with Crippen LogP contribution in [-0.4, -0.2) is 30.4 Å². The first kappa shape index (κ1) is 19.1. The zero-order chi connectivity index (χ0) is 20.2. The normalized spacial score (nSPS) is 14.7. The van der Waals surface area contributed by atoms with Crippen molar-refractivity contribution in [3.63, 3.8) is 0 Å². The Morgan fingerprint density at radius 3 is 2.62 bits per heavy atom. The number of nitrogens with zero attached hydrogens (tertiary/aromatic N) is 1. The number of carbonyl (C=O) groups is 1. The van der Waals surface area contributed by atoms with Crippen LogP contribution in [0.1, 0.15) is 19.3 Å². The van der Waals surface area contributed by atoms with Crippen LogP contribution in [-0.2, 0) is 4.79 Å². The van der Waals surface area contributed by atoms with E-state index in [0.29, 0.717) is 22.3 Å². The van der Waals surface area contributed by atoms with Crippen LogP contribution < -0.4 is 16.3 Å². The van der Waals surface area contributed by atoms with Gasteiger partial charge in [-0.15, -0.1) is 0 Å². The average molecular weight is 395 g/mol. The van der Waals surface area contributed by atoms with Crippen molar-refractivity contribution >= 4 is 33.9 Å². The summed E-state index contributed by atoms with van der Waals surface area (Å²) in [5, 5.41) is 6.41. The van der Waals surface area contributed by atoms with Crippen molar-refractivity contribution in [1.82, 2.24) is 4.90 Å². The molecule has 1 aliphatic rings. The molecule has 0 atom stereocenters. The van der Waals surface area contributed by atoms with Gasteiger partial charge in [-0.05, 0) is 56.3 Å². The third kappa shape index (κ3) is 4.63. The number of rotatable bonds is 5. The summed E-state index contributed by atoms with van der Waals surface area (Å²) in [4.78, 5) is 26.1. The first-order valence-electron chi connectivity index (χ1n) is 9.70. The molecule has 3 aromatic rings. The predicted molar refractivity (Wildman–Crippen MR) is 111 cm³/mol. The fourth-order valence-electron chi connectivity index (χ4n) is 3.58. The molecular weight excluding hydrogens is 373 g/mol. The van der Waals surface area contributed by atoms with Crippen molar-refractivity contribution in [1.29, 1.82) is 0 Å². The minimum absolute atomic E-state index is 0.134. The lowest BCUT2D eigenvalue weighted by atomic mass is 10.1. The van der Waals surface area contributed by atoms with E-state index in [9.17, 15) is 14.0 Å². The number of hydrogen-bond acceptors (Lipinski definition) is 5. The number of piperidine rings is 1. The number of benzene rings is 2. The van der Waals surface area contributed by atoms with Crippen LogP contribution in [0.4, 0.5) is 21.5 Å². The third-order valence-corrected chi connectivity index (χ3v) is 4.99. The van der Waals surface area contributed by atoms with Crippen LogP contribution in [0.3, 0.4) is 0 Å². The molecule has 0 radical (unpaired) electrons. The molecule has 0 spiro atoms. The molecule has 7 heteroatoms. The van der Waals surface area contributed by atoms with Crippen molar-refractivity contribution < 1.29 is 13.6 Å². The molecule has 0 saturated carbocycles. The summed E-state index contributed by atoms with van der Waals surface area (Å²) in [6.45, 7) is 2.07. The summed E-state index contributed by atoms with van der Waals surface area (Å²) in [6, 6.07) is 12.9. The molecule has 1 aliphatic heterocycles. The third-order valence-electron chi connectivity index (χ3n) is 4.99. The Bertz CT molecular complexity index is 1090. The molecule has 150 valence electrons. The number of likely N-dealkylation sites (tertiary alicyclic amines) is 1. The first-order valence-corrected chi connectivity index (χ1v) is 9.70. The molecule has 2 heterocycles. The summed E-state index contributed by atoms with van der Waals surface area (Å²) in [5.74, 6) is -0.771. The van der Waals surface area contributed by atoms with Gasteiger partial charge in [0.2, 0.25) is 5.91 Å². The fraction of sp³-hybridized carbons (Fsp3) is 0.273. The Kier molecular flexibility index (Phi) is 5.57. The van der Waals surface area contributed by atoms with E-state index in [1.165, 1.54) is 24.6 Å². The summed E-state index contributed by atoms with van der Waals surface area (Å²) in [5.41, 5.74) is 1.08. The monoisotopic (exact) mass is 395 g/mol. The molecule has 2 N–H and O–H groups in total. The number of halogens is 1. The quantitative estimate of drug-likeness (QED) is 0.636. The van der Waals surface area contributed by atoms with Gasteiger partial charge in [-0.3, -0.25) is 9.69 Å². The number of amides is 1. The molecule has 0 unspecified atom stereocenters. The van der Waals surface area contributed by atoms with Gasteiger partial charge in [0.25, 0.3) is 0 Å². The van der Waals surface area contributed by atoms with Gasteiger partial charge in [-0.2, -0.15) is 0 Å². The number of para-hydroxylation sites is 1. The number of anilines is 3. The van der Waals surface area contributed by atoms with Crippen molar-refractivity contribution in [2.75, 3.05) is 30.3 Å². The van der Waals surface area contributed by atoms with Gasteiger partial charge >= 0.3 is 5.63 Å². The van der Waals surface area contributed by atoms with Gasteiger partial charge in [0.05, 0.1) is 17.9 Å². The lowest BCUT2D eigenvalue weighted by molar-refractivity contribution is -0.117. The Labute approximate surface area is 167 Å². The Morgan fingerprint density at radius 2 is 1.83 bits per heavy atom. The standard InChI is InChI=1S/C22H22FN3O3/c23-17-12-15(24-19-13-22(28)29-20-7-3-2-6-16(19)20)8-9-18(17)25-21(27)14-26-10-4-1-5-11-26/h2-3,6-9,12-13,24H,1,4-5,10-11,14H2,(H,25,27). The summed E-state index contributed by atoms with van der Waals surface area (Å²) >= 11 is 0. The van der Waals surface area contributed by atoms with E-state index < -0.39 is 11.4 Å². The average Bonchev–Trinajstić information content (AvgIpc) is 2.71. The topological polar surface area (TPSA) is 74.6 Å². The van der Waals surface area contributed by atoms with Gasteiger partial charge in [-0.25, -0.2) is 9.18 Å². The molecule has 0 aliphatic carbocycles. The van der Waals surface area contributed by atoms with Crippen LogP contribution in [0.15, 0.2) is 57.7 Å². The van der Waals surface area contributed by atoms with Crippen molar-refractivity contribution in [3.05, 3.63) is 64.8 Å². The summed E-state index contributed by atoms with van der Waals surface area (Å²) < 4.78 is 19.7. The lowest BCUT2D eigenvalue weighted by Gasteiger charge is -2.25. The van der Waals surface area contributed by atoms with Gasteiger partial charge in [0, 0.05) is 17.1 Å². The van der Waals surface area contributed by atoms with E-state index in [2.05, 4.69) is 15.5 Å². The molecule has 1 saturated heterocycles. The highest BCUT2D eigenvalue weighted by Gasteiger charge is 2.15. The fourth-order valence-corrected chi connectivity index (χ4v) is 3.58. The highest BCUT2D eigenvalue weighted by Crippen LogP contribution is 2.27. The zero-order valence-electron chi connectivity index (χ0n) is 15.9. The summed E-state index contributed by atoms with van der Waals surface area (Å²) in [7, 11) is 0. The van der Waals surface area contributed by atoms with Gasteiger partial charge in [-0.1, -0.05) is 18.6 Å². The second-order valence-electron chi connectivity index (χ2n) is 7.18. The van der Waals surface area contributed by atoms with Crippen LogP contribution >= 0.6 is 0 Å². The van der Waals surface area contributed by atoms with E-state index in [-0.39, 0.29) is 18.1 Å². The minimum atomic E-state index is -0.547. The molecule has 1 aromatic heterocycles. The molecule has 1 fully saturated rings. The molecule has 6 nitrogen and oxygen atoms in total. The van der Waals surface area contributed by atoms with Gasteiger partial charge < -0.3 is 15.1 Å². The maximum Gasteiger partial charge on any atom is 0.338 e. The maximum atomic E-state index is 14.5. The van der Waals surface area contributed by atoms with Crippen LogP contribution in [0.2, 0.25) is 0 Å². The molecule has 1 amide bonds. The van der Waals surface area contributed by atoms with Crippen molar-refractivity contribution in [2.45, 2.75) is 19.3 Å². The van der Waals surface area contributed by atoms with E-state index in [0.717, 1.165) is 25.9 Å². The molecule has 4 rings (SSSR count). The Balaban J connectivity index is 1.48. The summed E-state index contributed by atoms with van der Waals surface area (Å²) in [6.07, 6.45) is 3.38. The lowest BCUT2D eigenvalue weighted by Crippen LogP contribution is -2.36. The predicted octanol–water partition coefficient (Wildman–Crippen LogP) is 4.10. The van der Waals surface area contributed by atoms with Gasteiger partial charge in [0.1, 0.15) is 11.4 Å². The molecule has 29 heavy (non-hydrogen) atoms. The van der Waals surface area contributed by atoms with Crippen molar-refractivity contribution in [3.8, 4) is 0 Å². The highest BCUT2D eigenvalue weighted by molar-refractivity contribution is 5.93. The SMILES string of the molecule is O=C(CN1CCCCC1)Nc1ccc(Nc2cc(=O)oc3ccccc23)cc1F. The second-order valence-corrected chi connectivity index (χ2v) is 7.18.